The largest absolute Gasteiger partial charge is 0.372 e. The Morgan fingerprint density at radius 1 is 0.931 bits per heavy atom. The van der Waals surface area contributed by atoms with Crippen LogP contribution in [0.2, 0.25) is 0 Å². The number of amides is 1. The van der Waals surface area contributed by atoms with Crippen LogP contribution in [0.5, 0.6) is 0 Å². The van der Waals surface area contributed by atoms with Crippen molar-refractivity contribution in [3.05, 3.63) is 72.3 Å². The smallest absolute Gasteiger partial charge is 0.258 e. The van der Waals surface area contributed by atoms with Crippen LogP contribution < -0.4 is 15.5 Å². The van der Waals surface area contributed by atoms with Crippen LogP contribution in [-0.4, -0.2) is 33.9 Å². The van der Waals surface area contributed by atoms with Crippen molar-refractivity contribution in [2.75, 3.05) is 28.6 Å². The van der Waals surface area contributed by atoms with E-state index in [1.165, 1.54) is 37.3 Å². The molecule has 1 saturated heterocycles. The fourth-order valence-electron chi connectivity index (χ4n) is 3.32. The summed E-state index contributed by atoms with van der Waals surface area (Å²) in [5.41, 5.74) is 3.27. The molecule has 0 spiro atoms. The minimum absolute atomic E-state index is 0.230. The van der Waals surface area contributed by atoms with Gasteiger partial charge in [-0.15, -0.1) is 0 Å². The molecule has 0 bridgehead atoms. The molecule has 1 fully saturated rings. The molecular weight excluding hydrogens is 364 g/mol. The standard InChI is InChI=1S/C22H24N6O/c29-21(27-18-7-9-20(10-8-18)28-12-4-1-5-13-28)17-14-24-22(25-15-17)26-16-19-6-2-3-11-23-19/h2-3,6-11,14-15H,1,4-5,12-13,16H2,(H,27,29)(H,24,25,26). The fraction of sp³-hybridized carbons (Fsp3) is 0.273. The van der Waals surface area contributed by atoms with Crippen molar-refractivity contribution in [1.29, 1.82) is 0 Å². The van der Waals surface area contributed by atoms with Gasteiger partial charge in [-0.05, 0) is 55.7 Å². The van der Waals surface area contributed by atoms with Crippen LogP contribution in [0, 0.1) is 0 Å². The summed E-state index contributed by atoms with van der Waals surface area (Å²) >= 11 is 0. The van der Waals surface area contributed by atoms with E-state index in [-0.39, 0.29) is 5.91 Å². The molecule has 0 saturated carbocycles. The summed E-state index contributed by atoms with van der Waals surface area (Å²) in [5, 5.41) is 5.99. The molecule has 1 aliphatic heterocycles. The normalized spacial score (nSPS) is 13.7. The van der Waals surface area contributed by atoms with E-state index >= 15 is 0 Å². The number of carbonyl (C=O) groups is 1. The molecule has 1 aliphatic rings. The van der Waals surface area contributed by atoms with Gasteiger partial charge >= 0.3 is 0 Å². The van der Waals surface area contributed by atoms with Crippen LogP contribution in [0.3, 0.4) is 0 Å². The lowest BCUT2D eigenvalue weighted by molar-refractivity contribution is 0.102. The van der Waals surface area contributed by atoms with Crippen molar-refractivity contribution in [3.8, 4) is 0 Å². The van der Waals surface area contributed by atoms with E-state index in [1.807, 2.05) is 30.3 Å². The Bertz CT molecular complexity index is 922. The Kier molecular flexibility index (Phi) is 5.95. The third kappa shape index (κ3) is 5.07. The van der Waals surface area contributed by atoms with Crippen LogP contribution in [-0.2, 0) is 6.54 Å². The molecule has 2 N–H and O–H groups in total. The maximum absolute atomic E-state index is 12.5. The van der Waals surface area contributed by atoms with E-state index in [0.717, 1.165) is 24.5 Å². The lowest BCUT2D eigenvalue weighted by Gasteiger charge is -2.28. The van der Waals surface area contributed by atoms with Crippen LogP contribution in [0.4, 0.5) is 17.3 Å². The fourth-order valence-corrected chi connectivity index (χ4v) is 3.32. The highest BCUT2D eigenvalue weighted by molar-refractivity contribution is 6.03. The number of rotatable bonds is 6. The number of hydrogen-bond acceptors (Lipinski definition) is 6. The first-order valence-corrected chi connectivity index (χ1v) is 9.90. The molecule has 2 aromatic heterocycles. The molecule has 0 unspecified atom stereocenters. The number of piperidine rings is 1. The van der Waals surface area contributed by atoms with E-state index in [2.05, 4.69) is 42.6 Å². The van der Waals surface area contributed by atoms with E-state index in [0.29, 0.717) is 18.1 Å². The highest BCUT2D eigenvalue weighted by Gasteiger charge is 2.12. The summed E-state index contributed by atoms with van der Waals surface area (Å²) in [6.45, 7) is 2.73. The summed E-state index contributed by atoms with van der Waals surface area (Å²) in [4.78, 5) is 27.5. The first-order chi connectivity index (χ1) is 14.3. The number of benzene rings is 1. The van der Waals surface area contributed by atoms with Crippen molar-refractivity contribution >= 4 is 23.2 Å². The average molecular weight is 388 g/mol. The van der Waals surface area contributed by atoms with Crippen molar-refractivity contribution in [3.63, 3.8) is 0 Å². The zero-order valence-corrected chi connectivity index (χ0v) is 16.2. The first kappa shape index (κ1) is 18.9. The van der Waals surface area contributed by atoms with Gasteiger partial charge in [0, 0.05) is 43.1 Å². The molecule has 3 heterocycles. The average Bonchev–Trinajstić information content (AvgIpc) is 2.80. The molecular formula is C22H24N6O. The second-order valence-electron chi connectivity index (χ2n) is 7.02. The summed E-state index contributed by atoms with van der Waals surface area (Å²) < 4.78 is 0. The lowest BCUT2D eigenvalue weighted by Crippen LogP contribution is -2.29. The summed E-state index contributed by atoms with van der Waals surface area (Å²) in [5.74, 6) is 0.227. The van der Waals surface area contributed by atoms with Crippen molar-refractivity contribution < 1.29 is 4.79 Å². The zero-order chi connectivity index (χ0) is 19.9. The Hall–Kier alpha value is -3.48. The topological polar surface area (TPSA) is 83.0 Å². The van der Waals surface area contributed by atoms with Crippen LogP contribution >= 0.6 is 0 Å². The molecule has 0 atom stereocenters. The molecule has 1 aromatic carbocycles. The molecule has 0 aliphatic carbocycles. The van der Waals surface area contributed by atoms with E-state index in [9.17, 15) is 4.79 Å². The second-order valence-corrected chi connectivity index (χ2v) is 7.02. The van der Waals surface area contributed by atoms with Crippen molar-refractivity contribution in [2.45, 2.75) is 25.8 Å². The van der Waals surface area contributed by atoms with Gasteiger partial charge in [-0.25, -0.2) is 9.97 Å². The number of pyridine rings is 1. The third-order valence-corrected chi connectivity index (χ3v) is 4.91. The van der Waals surface area contributed by atoms with Gasteiger partial charge in [-0.2, -0.15) is 0 Å². The Labute approximate surface area is 170 Å². The number of aromatic nitrogens is 3. The highest BCUT2D eigenvalue weighted by atomic mass is 16.1. The Morgan fingerprint density at radius 3 is 2.38 bits per heavy atom. The number of carbonyl (C=O) groups excluding carboxylic acids is 1. The monoisotopic (exact) mass is 388 g/mol. The van der Waals surface area contributed by atoms with E-state index in [1.54, 1.807) is 6.20 Å². The van der Waals surface area contributed by atoms with Crippen molar-refractivity contribution in [1.82, 2.24) is 15.0 Å². The van der Waals surface area contributed by atoms with Crippen molar-refractivity contribution in [2.24, 2.45) is 0 Å². The minimum Gasteiger partial charge on any atom is -0.372 e. The second kappa shape index (κ2) is 9.14. The Morgan fingerprint density at radius 2 is 1.69 bits per heavy atom. The van der Waals surface area contributed by atoms with E-state index < -0.39 is 0 Å². The van der Waals surface area contributed by atoms with Gasteiger partial charge in [0.1, 0.15) is 0 Å². The highest BCUT2D eigenvalue weighted by Crippen LogP contribution is 2.22. The summed E-state index contributed by atoms with van der Waals surface area (Å²) in [6.07, 6.45) is 8.57. The maximum atomic E-state index is 12.5. The quantitative estimate of drug-likeness (QED) is 0.670. The van der Waals surface area contributed by atoms with Gasteiger partial charge in [0.15, 0.2) is 0 Å². The van der Waals surface area contributed by atoms with Gasteiger partial charge in [0.2, 0.25) is 5.95 Å². The molecule has 148 valence electrons. The molecule has 7 heteroatoms. The number of hydrogen-bond donors (Lipinski definition) is 2. The molecule has 29 heavy (non-hydrogen) atoms. The van der Waals surface area contributed by atoms with Gasteiger partial charge < -0.3 is 15.5 Å². The van der Waals surface area contributed by atoms with Gasteiger partial charge in [-0.3, -0.25) is 9.78 Å². The van der Waals surface area contributed by atoms with Gasteiger partial charge in [0.25, 0.3) is 5.91 Å². The Balaban J connectivity index is 1.32. The third-order valence-electron chi connectivity index (χ3n) is 4.91. The number of nitrogens with zero attached hydrogens (tertiary/aromatic N) is 4. The predicted molar refractivity (Wildman–Crippen MR) is 114 cm³/mol. The maximum Gasteiger partial charge on any atom is 0.258 e. The SMILES string of the molecule is O=C(Nc1ccc(N2CCCCC2)cc1)c1cnc(NCc2ccccn2)nc1. The first-order valence-electron chi connectivity index (χ1n) is 9.90. The van der Waals surface area contributed by atoms with Crippen LogP contribution in [0.15, 0.2) is 61.1 Å². The predicted octanol–water partition coefficient (Wildman–Crippen LogP) is 3.73. The van der Waals surface area contributed by atoms with Crippen LogP contribution in [0.25, 0.3) is 0 Å². The molecule has 0 radical (unpaired) electrons. The van der Waals surface area contributed by atoms with Gasteiger partial charge in [0.05, 0.1) is 17.8 Å². The number of nitrogens with one attached hydrogen (secondary N) is 2. The van der Waals surface area contributed by atoms with Gasteiger partial charge in [-0.1, -0.05) is 6.07 Å². The summed E-state index contributed by atoms with van der Waals surface area (Å²) in [6, 6.07) is 13.7. The zero-order valence-electron chi connectivity index (χ0n) is 16.2. The molecule has 7 nitrogen and oxygen atoms in total. The summed E-state index contributed by atoms with van der Waals surface area (Å²) in [7, 11) is 0. The molecule has 1 amide bonds. The molecule has 3 aromatic rings. The number of anilines is 3. The van der Waals surface area contributed by atoms with E-state index in [4.69, 9.17) is 0 Å². The van der Waals surface area contributed by atoms with Crippen LogP contribution in [0.1, 0.15) is 35.3 Å². The minimum atomic E-state index is -0.230. The lowest BCUT2D eigenvalue weighted by atomic mass is 10.1. The molecule has 4 rings (SSSR count).